The number of hydrogen-bond acceptors (Lipinski definition) is 5. The molecule has 5 nitrogen and oxygen atoms in total. The number of aromatic nitrogens is 2. The standard InChI is InChI=1S/C13H14F2N4O/c1-7(2)11-12(19-16)17-6-18-13(11)20-10-4-8(14)3-9(15)5-10/h3-7H,16H2,1-2H3,(H,17,18,19). The van der Waals surface area contributed by atoms with Gasteiger partial charge < -0.3 is 10.2 Å². The van der Waals surface area contributed by atoms with Crippen LogP contribution >= 0.6 is 0 Å². The number of hydrogen-bond donors (Lipinski definition) is 2. The Balaban J connectivity index is 2.42. The molecule has 7 heteroatoms. The molecule has 0 aliphatic rings. The maximum absolute atomic E-state index is 13.2. The van der Waals surface area contributed by atoms with Crippen LogP contribution in [0.3, 0.4) is 0 Å². The molecule has 0 aliphatic carbocycles. The molecule has 20 heavy (non-hydrogen) atoms. The Morgan fingerprint density at radius 3 is 2.35 bits per heavy atom. The zero-order valence-corrected chi connectivity index (χ0v) is 11.0. The SMILES string of the molecule is CC(C)c1c(NN)ncnc1Oc1cc(F)cc(F)c1. The van der Waals surface area contributed by atoms with Crippen molar-refractivity contribution in [3.8, 4) is 11.6 Å². The topological polar surface area (TPSA) is 73.1 Å². The summed E-state index contributed by atoms with van der Waals surface area (Å²) < 4.78 is 31.7. The maximum atomic E-state index is 13.2. The average Bonchev–Trinajstić information content (AvgIpc) is 2.36. The number of nitrogens with zero attached hydrogens (tertiary/aromatic N) is 2. The number of anilines is 1. The Kier molecular flexibility index (Phi) is 4.09. The molecule has 1 heterocycles. The van der Waals surface area contributed by atoms with Gasteiger partial charge in [0, 0.05) is 18.2 Å². The zero-order valence-electron chi connectivity index (χ0n) is 11.0. The van der Waals surface area contributed by atoms with Crippen LogP contribution in [-0.2, 0) is 0 Å². The minimum Gasteiger partial charge on any atom is -0.438 e. The van der Waals surface area contributed by atoms with Gasteiger partial charge in [-0.3, -0.25) is 0 Å². The average molecular weight is 280 g/mol. The Labute approximate surface area is 114 Å². The smallest absolute Gasteiger partial charge is 0.227 e. The lowest BCUT2D eigenvalue weighted by atomic mass is 10.1. The van der Waals surface area contributed by atoms with Crippen molar-refractivity contribution in [2.45, 2.75) is 19.8 Å². The summed E-state index contributed by atoms with van der Waals surface area (Å²) in [5.74, 6) is 4.57. The van der Waals surface area contributed by atoms with Gasteiger partial charge in [-0.05, 0) is 5.92 Å². The number of rotatable bonds is 4. The van der Waals surface area contributed by atoms with E-state index in [9.17, 15) is 8.78 Å². The van der Waals surface area contributed by atoms with Crippen molar-refractivity contribution < 1.29 is 13.5 Å². The molecule has 0 fully saturated rings. The van der Waals surface area contributed by atoms with E-state index >= 15 is 0 Å². The minimum absolute atomic E-state index is 0.00987. The molecule has 3 N–H and O–H groups in total. The van der Waals surface area contributed by atoms with Gasteiger partial charge in [-0.2, -0.15) is 0 Å². The van der Waals surface area contributed by atoms with Gasteiger partial charge in [-0.15, -0.1) is 0 Å². The molecule has 0 spiro atoms. The van der Waals surface area contributed by atoms with E-state index in [4.69, 9.17) is 10.6 Å². The number of hydrazine groups is 1. The number of benzene rings is 1. The summed E-state index contributed by atoms with van der Waals surface area (Å²) in [5.41, 5.74) is 3.07. The molecule has 0 saturated heterocycles. The van der Waals surface area contributed by atoms with E-state index in [1.165, 1.54) is 6.33 Å². The van der Waals surface area contributed by atoms with Crippen LogP contribution in [0.2, 0.25) is 0 Å². The van der Waals surface area contributed by atoms with E-state index in [0.29, 0.717) is 11.4 Å². The molecule has 0 saturated carbocycles. The van der Waals surface area contributed by atoms with Crippen molar-refractivity contribution in [2.75, 3.05) is 5.43 Å². The van der Waals surface area contributed by atoms with E-state index in [0.717, 1.165) is 18.2 Å². The van der Waals surface area contributed by atoms with Gasteiger partial charge in [0.05, 0.1) is 5.56 Å². The normalized spacial score (nSPS) is 10.7. The molecular formula is C13H14F2N4O. The highest BCUT2D eigenvalue weighted by molar-refractivity contribution is 5.50. The molecule has 1 aromatic heterocycles. The highest BCUT2D eigenvalue weighted by atomic mass is 19.1. The third-order valence-electron chi connectivity index (χ3n) is 2.61. The number of nitrogens with one attached hydrogen (secondary N) is 1. The lowest BCUT2D eigenvalue weighted by Crippen LogP contribution is -2.13. The van der Waals surface area contributed by atoms with Crippen LogP contribution in [0.5, 0.6) is 11.6 Å². The first-order valence-electron chi connectivity index (χ1n) is 5.96. The summed E-state index contributed by atoms with van der Waals surface area (Å²) in [7, 11) is 0. The fourth-order valence-electron chi connectivity index (χ4n) is 1.80. The highest BCUT2D eigenvalue weighted by Crippen LogP contribution is 2.32. The van der Waals surface area contributed by atoms with Crippen LogP contribution in [0.1, 0.15) is 25.3 Å². The largest absolute Gasteiger partial charge is 0.438 e. The zero-order chi connectivity index (χ0) is 14.7. The Hall–Kier alpha value is -2.28. The van der Waals surface area contributed by atoms with Gasteiger partial charge in [-0.1, -0.05) is 13.8 Å². The molecule has 0 radical (unpaired) electrons. The molecule has 0 aliphatic heterocycles. The fourth-order valence-corrected chi connectivity index (χ4v) is 1.80. The van der Waals surface area contributed by atoms with Crippen molar-refractivity contribution in [2.24, 2.45) is 5.84 Å². The number of nitrogen functional groups attached to an aromatic ring is 1. The Bertz CT molecular complexity index is 599. The minimum atomic E-state index is -0.725. The van der Waals surface area contributed by atoms with Crippen molar-refractivity contribution in [3.05, 3.63) is 41.7 Å². The summed E-state index contributed by atoms with van der Waals surface area (Å²) in [6.45, 7) is 3.80. The van der Waals surface area contributed by atoms with E-state index in [1.54, 1.807) is 0 Å². The number of nitrogens with two attached hydrogens (primary N) is 1. The van der Waals surface area contributed by atoms with Crippen LogP contribution in [0.25, 0.3) is 0 Å². The summed E-state index contributed by atoms with van der Waals surface area (Å²) in [6.07, 6.45) is 1.26. The van der Waals surface area contributed by atoms with Crippen molar-refractivity contribution >= 4 is 5.82 Å². The van der Waals surface area contributed by atoms with E-state index in [-0.39, 0.29) is 17.5 Å². The van der Waals surface area contributed by atoms with Crippen LogP contribution in [0, 0.1) is 11.6 Å². The molecular weight excluding hydrogens is 266 g/mol. The van der Waals surface area contributed by atoms with Crippen LogP contribution in [-0.4, -0.2) is 9.97 Å². The summed E-state index contributed by atoms with van der Waals surface area (Å²) >= 11 is 0. The summed E-state index contributed by atoms with van der Waals surface area (Å²) in [6, 6.07) is 2.92. The second-order valence-electron chi connectivity index (χ2n) is 4.45. The lowest BCUT2D eigenvalue weighted by molar-refractivity contribution is 0.441. The fraction of sp³-hybridized carbons (Fsp3) is 0.231. The third kappa shape index (κ3) is 3.00. The van der Waals surface area contributed by atoms with Gasteiger partial charge in [-0.25, -0.2) is 24.6 Å². The first-order chi connectivity index (χ1) is 9.51. The summed E-state index contributed by atoms with van der Waals surface area (Å²) in [5, 5.41) is 0. The number of ether oxygens (including phenoxy) is 1. The van der Waals surface area contributed by atoms with Gasteiger partial charge in [0.15, 0.2) is 5.82 Å². The van der Waals surface area contributed by atoms with E-state index < -0.39 is 11.6 Å². The Morgan fingerprint density at radius 2 is 1.80 bits per heavy atom. The van der Waals surface area contributed by atoms with E-state index in [2.05, 4.69) is 15.4 Å². The van der Waals surface area contributed by atoms with Crippen LogP contribution < -0.4 is 16.0 Å². The molecule has 0 atom stereocenters. The van der Waals surface area contributed by atoms with Crippen LogP contribution in [0.4, 0.5) is 14.6 Å². The molecule has 2 rings (SSSR count). The molecule has 1 aromatic carbocycles. The second-order valence-corrected chi connectivity index (χ2v) is 4.45. The predicted octanol–water partition coefficient (Wildman–Crippen LogP) is 2.96. The molecule has 2 aromatic rings. The first-order valence-corrected chi connectivity index (χ1v) is 5.96. The number of halogens is 2. The van der Waals surface area contributed by atoms with E-state index in [1.807, 2.05) is 13.8 Å². The van der Waals surface area contributed by atoms with Gasteiger partial charge in [0.2, 0.25) is 5.88 Å². The van der Waals surface area contributed by atoms with Crippen molar-refractivity contribution in [1.29, 1.82) is 0 Å². The van der Waals surface area contributed by atoms with Gasteiger partial charge in [0.25, 0.3) is 0 Å². The van der Waals surface area contributed by atoms with Crippen molar-refractivity contribution in [1.82, 2.24) is 9.97 Å². The Morgan fingerprint density at radius 1 is 1.15 bits per heavy atom. The van der Waals surface area contributed by atoms with Gasteiger partial charge >= 0.3 is 0 Å². The molecule has 106 valence electrons. The maximum Gasteiger partial charge on any atom is 0.227 e. The van der Waals surface area contributed by atoms with Crippen LogP contribution in [0.15, 0.2) is 24.5 Å². The second kappa shape index (κ2) is 5.79. The quantitative estimate of drug-likeness (QED) is 0.665. The lowest BCUT2D eigenvalue weighted by Gasteiger charge is -2.15. The highest BCUT2D eigenvalue weighted by Gasteiger charge is 2.16. The third-order valence-corrected chi connectivity index (χ3v) is 2.61. The van der Waals surface area contributed by atoms with Gasteiger partial charge in [0.1, 0.15) is 23.7 Å². The van der Waals surface area contributed by atoms with Crippen molar-refractivity contribution in [3.63, 3.8) is 0 Å². The molecule has 0 bridgehead atoms. The monoisotopic (exact) mass is 280 g/mol. The summed E-state index contributed by atoms with van der Waals surface area (Å²) in [4.78, 5) is 7.97. The molecule has 0 unspecified atom stereocenters. The molecule has 0 amide bonds. The first kappa shape index (κ1) is 14.1. The predicted molar refractivity (Wildman–Crippen MR) is 70.4 cm³/mol.